The topological polar surface area (TPSA) is 92.3 Å². The Balaban J connectivity index is 1.85. The molecule has 0 aliphatic heterocycles. The predicted octanol–water partition coefficient (Wildman–Crippen LogP) is 3.15. The molecule has 0 bridgehead atoms. The molecule has 0 radical (unpaired) electrons. The molecular weight excluding hydrogens is 364 g/mol. The van der Waals surface area contributed by atoms with Gasteiger partial charge in [0.1, 0.15) is 0 Å². The number of anilines is 1. The van der Waals surface area contributed by atoms with Crippen LogP contribution in [-0.4, -0.2) is 26.7 Å². The van der Waals surface area contributed by atoms with E-state index in [1.165, 1.54) is 36.8 Å². The van der Waals surface area contributed by atoms with Crippen molar-refractivity contribution in [2.45, 2.75) is 38.0 Å². The number of carbonyl (C=O) groups is 2. The van der Waals surface area contributed by atoms with Gasteiger partial charge in [-0.3, -0.25) is 9.59 Å². The molecule has 0 fully saturated rings. The van der Waals surface area contributed by atoms with Crippen molar-refractivity contribution in [3.05, 3.63) is 59.7 Å². The summed E-state index contributed by atoms with van der Waals surface area (Å²) in [5.74, 6) is -0.404. The molecule has 1 amide bonds. The highest BCUT2D eigenvalue weighted by Gasteiger charge is 2.14. The first-order chi connectivity index (χ1) is 12.8. The van der Waals surface area contributed by atoms with Gasteiger partial charge in [0.05, 0.1) is 4.90 Å². The van der Waals surface area contributed by atoms with Gasteiger partial charge in [-0.15, -0.1) is 0 Å². The predicted molar refractivity (Wildman–Crippen MR) is 105 cm³/mol. The fraction of sp³-hybridized carbons (Fsp3) is 0.300. The number of nitrogens with one attached hydrogen (secondary N) is 2. The second-order valence-corrected chi connectivity index (χ2v) is 7.99. The maximum atomic E-state index is 12.2. The van der Waals surface area contributed by atoms with Crippen molar-refractivity contribution >= 4 is 27.4 Å². The van der Waals surface area contributed by atoms with Crippen molar-refractivity contribution in [1.82, 2.24) is 4.72 Å². The largest absolute Gasteiger partial charge is 0.326 e. The number of sulfonamides is 1. The maximum Gasteiger partial charge on any atom is 0.240 e. The Morgan fingerprint density at radius 3 is 2.15 bits per heavy atom. The molecule has 0 unspecified atom stereocenters. The van der Waals surface area contributed by atoms with Gasteiger partial charge in [-0.1, -0.05) is 37.6 Å². The number of benzene rings is 2. The van der Waals surface area contributed by atoms with Crippen LogP contribution in [0.25, 0.3) is 0 Å². The molecule has 6 nitrogen and oxygen atoms in total. The number of ketones is 1. The summed E-state index contributed by atoms with van der Waals surface area (Å²) >= 11 is 0. The van der Waals surface area contributed by atoms with E-state index >= 15 is 0 Å². The molecule has 0 aromatic heterocycles. The Morgan fingerprint density at radius 1 is 0.963 bits per heavy atom. The van der Waals surface area contributed by atoms with E-state index in [0.717, 1.165) is 12.8 Å². The Morgan fingerprint density at radius 2 is 1.59 bits per heavy atom. The summed E-state index contributed by atoms with van der Waals surface area (Å²) in [4.78, 5) is 23.3. The summed E-state index contributed by atoms with van der Waals surface area (Å²) in [5.41, 5.74) is 2.33. The molecule has 2 N–H and O–H groups in total. The van der Waals surface area contributed by atoms with E-state index in [1.54, 1.807) is 0 Å². The average Bonchev–Trinajstić information content (AvgIpc) is 2.63. The van der Waals surface area contributed by atoms with Crippen LogP contribution in [0.2, 0.25) is 0 Å². The molecule has 7 heteroatoms. The minimum absolute atomic E-state index is 0.0153. The van der Waals surface area contributed by atoms with E-state index in [1.807, 2.05) is 24.3 Å². The number of carbonyl (C=O) groups excluding carboxylic acids is 2. The smallest absolute Gasteiger partial charge is 0.240 e. The highest BCUT2D eigenvalue weighted by molar-refractivity contribution is 7.89. The number of Topliss-reactive ketones (excluding diaryl/α,β-unsaturated/α-hetero) is 1. The van der Waals surface area contributed by atoms with Gasteiger partial charge in [0.25, 0.3) is 0 Å². The lowest BCUT2D eigenvalue weighted by Crippen LogP contribution is -2.27. The highest BCUT2D eigenvalue weighted by Crippen LogP contribution is 2.12. The van der Waals surface area contributed by atoms with Gasteiger partial charge in [-0.25, -0.2) is 13.1 Å². The average molecular weight is 388 g/mol. The SMILES string of the molecule is CCCc1ccc(NC(=O)CCNS(=O)(=O)c2ccc(C(C)=O)cc2)cc1. The van der Waals surface area contributed by atoms with E-state index in [0.29, 0.717) is 11.3 Å². The number of hydrogen-bond acceptors (Lipinski definition) is 4. The Hall–Kier alpha value is -2.51. The minimum atomic E-state index is -3.72. The van der Waals surface area contributed by atoms with Crippen LogP contribution >= 0.6 is 0 Å². The lowest BCUT2D eigenvalue weighted by atomic mass is 10.1. The van der Waals surface area contributed by atoms with Crippen LogP contribution in [0, 0.1) is 0 Å². The molecule has 0 saturated carbocycles. The maximum absolute atomic E-state index is 12.2. The Kier molecular flexibility index (Phi) is 7.27. The zero-order chi connectivity index (χ0) is 19.9. The molecule has 0 aliphatic rings. The van der Waals surface area contributed by atoms with Crippen molar-refractivity contribution in [1.29, 1.82) is 0 Å². The zero-order valence-corrected chi connectivity index (χ0v) is 16.3. The molecule has 0 atom stereocenters. The Bertz CT molecular complexity index is 889. The monoisotopic (exact) mass is 388 g/mol. The van der Waals surface area contributed by atoms with Crippen molar-refractivity contribution in [2.75, 3.05) is 11.9 Å². The van der Waals surface area contributed by atoms with Gasteiger partial charge in [-0.05, 0) is 43.2 Å². The summed E-state index contributed by atoms with van der Waals surface area (Å²) < 4.78 is 26.8. The van der Waals surface area contributed by atoms with Crippen LogP contribution in [-0.2, 0) is 21.2 Å². The summed E-state index contributed by atoms with van der Waals surface area (Å²) in [6, 6.07) is 13.3. The van der Waals surface area contributed by atoms with Crippen LogP contribution in [0.1, 0.15) is 42.6 Å². The fourth-order valence-electron chi connectivity index (χ4n) is 2.52. The first kappa shape index (κ1) is 20.8. The highest BCUT2D eigenvalue weighted by atomic mass is 32.2. The molecule has 0 heterocycles. The van der Waals surface area contributed by atoms with Gasteiger partial charge in [-0.2, -0.15) is 0 Å². The van der Waals surface area contributed by atoms with Gasteiger partial charge < -0.3 is 5.32 Å². The van der Waals surface area contributed by atoms with E-state index in [4.69, 9.17) is 0 Å². The van der Waals surface area contributed by atoms with Crippen molar-refractivity contribution in [2.24, 2.45) is 0 Å². The number of aryl methyl sites for hydroxylation is 1. The molecule has 2 aromatic carbocycles. The van der Waals surface area contributed by atoms with Gasteiger partial charge >= 0.3 is 0 Å². The van der Waals surface area contributed by atoms with Crippen LogP contribution < -0.4 is 10.0 Å². The van der Waals surface area contributed by atoms with E-state index in [2.05, 4.69) is 17.0 Å². The van der Waals surface area contributed by atoms with E-state index < -0.39 is 10.0 Å². The second-order valence-electron chi connectivity index (χ2n) is 6.22. The molecular formula is C20H24N2O4S. The van der Waals surface area contributed by atoms with Crippen molar-refractivity contribution in [3.8, 4) is 0 Å². The molecule has 0 saturated heterocycles. The normalized spacial score (nSPS) is 11.2. The summed E-state index contributed by atoms with van der Waals surface area (Å²) in [6.45, 7) is 3.50. The molecule has 0 spiro atoms. The molecule has 144 valence electrons. The third-order valence-corrected chi connectivity index (χ3v) is 5.47. The van der Waals surface area contributed by atoms with Gasteiger partial charge in [0, 0.05) is 24.2 Å². The summed E-state index contributed by atoms with van der Waals surface area (Å²) in [6.07, 6.45) is 2.06. The molecule has 27 heavy (non-hydrogen) atoms. The van der Waals surface area contributed by atoms with Crippen LogP contribution in [0.3, 0.4) is 0 Å². The van der Waals surface area contributed by atoms with Crippen LogP contribution in [0.4, 0.5) is 5.69 Å². The lowest BCUT2D eigenvalue weighted by molar-refractivity contribution is -0.116. The standard InChI is InChI=1S/C20H24N2O4S/c1-3-4-16-5-9-18(10-6-16)22-20(24)13-14-21-27(25,26)19-11-7-17(8-12-19)15(2)23/h5-12,21H,3-4,13-14H2,1-2H3,(H,22,24). The van der Waals surface area contributed by atoms with Gasteiger partial charge in [0.15, 0.2) is 5.78 Å². The van der Waals surface area contributed by atoms with Crippen LogP contribution in [0.5, 0.6) is 0 Å². The molecule has 0 aliphatic carbocycles. The second kappa shape index (κ2) is 9.43. The van der Waals surface area contributed by atoms with Crippen molar-refractivity contribution < 1.29 is 18.0 Å². The van der Waals surface area contributed by atoms with Crippen molar-refractivity contribution in [3.63, 3.8) is 0 Å². The molecule has 2 rings (SSSR count). The number of hydrogen-bond donors (Lipinski definition) is 2. The quantitative estimate of drug-likeness (QED) is 0.646. The van der Waals surface area contributed by atoms with Crippen LogP contribution in [0.15, 0.2) is 53.4 Å². The fourth-order valence-corrected chi connectivity index (χ4v) is 3.55. The van der Waals surface area contributed by atoms with E-state index in [9.17, 15) is 18.0 Å². The zero-order valence-electron chi connectivity index (χ0n) is 15.5. The minimum Gasteiger partial charge on any atom is -0.326 e. The first-order valence-corrected chi connectivity index (χ1v) is 10.3. The summed E-state index contributed by atoms with van der Waals surface area (Å²) in [7, 11) is -3.72. The Labute approximate surface area is 160 Å². The first-order valence-electron chi connectivity index (χ1n) is 8.81. The lowest BCUT2D eigenvalue weighted by Gasteiger charge is -2.08. The molecule has 2 aromatic rings. The number of amides is 1. The third kappa shape index (κ3) is 6.30. The third-order valence-electron chi connectivity index (χ3n) is 3.99. The van der Waals surface area contributed by atoms with Gasteiger partial charge in [0.2, 0.25) is 15.9 Å². The van der Waals surface area contributed by atoms with E-state index in [-0.39, 0.29) is 29.6 Å². The number of rotatable bonds is 9. The summed E-state index contributed by atoms with van der Waals surface area (Å²) in [5, 5.41) is 2.75.